The summed E-state index contributed by atoms with van der Waals surface area (Å²) in [6.07, 6.45) is 1.86. The lowest BCUT2D eigenvalue weighted by molar-refractivity contribution is 0.0695. The molecule has 0 bridgehead atoms. The Labute approximate surface area is 153 Å². The number of nitrogens with one attached hydrogen (secondary N) is 1. The quantitative estimate of drug-likeness (QED) is 0.821. The van der Waals surface area contributed by atoms with Crippen LogP contribution in [0.15, 0.2) is 17.1 Å². The molecule has 3 heterocycles. The third kappa shape index (κ3) is 3.05. The highest BCUT2D eigenvalue weighted by molar-refractivity contribution is 5.92. The van der Waals surface area contributed by atoms with Gasteiger partial charge in [-0.2, -0.15) is 0 Å². The second kappa shape index (κ2) is 6.56. The summed E-state index contributed by atoms with van der Waals surface area (Å²) in [6, 6.07) is 1.07. The van der Waals surface area contributed by atoms with E-state index in [-0.39, 0.29) is 35.4 Å². The van der Waals surface area contributed by atoms with Crippen molar-refractivity contribution in [1.82, 2.24) is 14.9 Å². The highest BCUT2D eigenvalue weighted by atomic mass is 19.1. The van der Waals surface area contributed by atoms with Crippen LogP contribution in [0.5, 0.6) is 0 Å². The molecule has 9 heteroatoms. The number of alkyl halides is 1. The van der Waals surface area contributed by atoms with E-state index in [4.69, 9.17) is 0 Å². The Morgan fingerprint density at radius 1 is 1.41 bits per heavy atom. The Kier molecular flexibility index (Phi) is 4.33. The highest BCUT2D eigenvalue weighted by Gasteiger charge is 2.35. The van der Waals surface area contributed by atoms with Crippen molar-refractivity contribution in [3.8, 4) is 0 Å². The summed E-state index contributed by atoms with van der Waals surface area (Å²) in [5.74, 6) is -2.37. The molecule has 1 aliphatic carbocycles. The van der Waals surface area contributed by atoms with E-state index in [9.17, 15) is 23.5 Å². The van der Waals surface area contributed by atoms with Crippen molar-refractivity contribution in [3.05, 3.63) is 33.9 Å². The molecule has 2 aliphatic rings. The van der Waals surface area contributed by atoms with E-state index < -0.39 is 29.0 Å². The number of hydrogen-bond acceptors (Lipinski definition) is 5. The minimum absolute atomic E-state index is 0.000582. The van der Waals surface area contributed by atoms with E-state index in [0.717, 1.165) is 18.9 Å². The molecular weight excluding hydrogens is 358 g/mol. The summed E-state index contributed by atoms with van der Waals surface area (Å²) in [6.45, 7) is 0.822. The topological polar surface area (TPSA) is 87.5 Å². The second-order valence-corrected chi connectivity index (χ2v) is 7.22. The van der Waals surface area contributed by atoms with Gasteiger partial charge in [0.1, 0.15) is 17.4 Å². The molecular formula is C18H20F2N4O3. The zero-order valence-electron chi connectivity index (χ0n) is 14.8. The summed E-state index contributed by atoms with van der Waals surface area (Å²) in [5, 5.41) is 12.1. The van der Waals surface area contributed by atoms with Crippen LogP contribution < -0.4 is 15.6 Å². The van der Waals surface area contributed by atoms with E-state index in [1.54, 1.807) is 16.5 Å². The number of hydrogen-bond donors (Lipinski definition) is 2. The van der Waals surface area contributed by atoms with Crippen LogP contribution in [0.25, 0.3) is 11.0 Å². The van der Waals surface area contributed by atoms with Crippen molar-refractivity contribution in [2.45, 2.75) is 25.1 Å². The van der Waals surface area contributed by atoms with E-state index in [1.807, 2.05) is 0 Å². The zero-order chi connectivity index (χ0) is 19.3. The maximum Gasteiger partial charge on any atom is 0.341 e. The van der Waals surface area contributed by atoms with Gasteiger partial charge in [0.25, 0.3) is 0 Å². The van der Waals surface area contributed by atoms with Gasteiger partial charge in [-0.25, -0.2) is 18.6 Å². The van der Waals surface area contributed by atoms with Crippen molar-refractivity contribution >= 4 is 22.8 Å². The van der Waals surface area contributed by atoms with Crippen LogP contribution in [0.2, 0.25) is 0 Å². The Morgan fingerprint density at radius 2 is 2.15 bits per heavy atom. The summed E-state index contributed by atoms with van der Waals surface area (Å²) >= 11 is 0. The number of carboxylic acid groups (broad SMARTS) is 1. The average Bonchev–Trinajstić information content (AvgIpc) is 3.39. The molecule has 2 aromatic heterocycles. The average molecular weight is 378 g/mol. The standard InChI is InChI=1S/C18H20F2N4O3/c1-21-5-9-6-23(8-14(9)20)17-13(19)4-11-15(25)12(18(26)27)7-24(10-2-3-10)16(11)22-17/h4,7,9-10,14,21H,2-3,5-6,8H2,1H3,(H,26,27)/t9-,14+/m1/s1. The van der Waals surface area contributed by atoms with Gasteiger partial charge in [-0.3, -0.25) is 4.79 Å². The fourth-order valence-corrected chi connectivity index (χ4v) is 3.70. The monoisotopic (exact) mass is 378 g/mol. The lowest BCUT2D eigenvalue weighted by atomic mass is 10.1. The van der Waals surface area contributed by atoms with Crippen LogP contribution >= 0.6 is 0 Å². The van der Waals surface area contributed by atoms with Crippen molar-refractivity contribution in [3.63, 3.8) is 0 Å². The largest absolute Gasteiger partial charge is 0.477 e. The molecule has 1 aliphatic heterocycles. The zero-order valence-corrected chi connectivity index (χ0v) is 14.8. The fraction of sp³-hybridized carbons (Fsp3) is 0.500. The smallest absolute Gasteiger partial charge is 0.341 e. The van der Waals surface area contributed by atoms with Crippen LogP contribution in [-0.4, -0.2) is 53.5 Å². The van der Waals surface area contributed by atoms with Crippen LogP contribution in [0, 0.1) is 11.7 Å². The number of halogens is 2. The first kappa shape index (κ1) is 17.8. The van der Waals surface area contributed by atoms with Gasteiger partial charge in [-0.15, -0.1) is 0 Å². The first-order valence-corrected chi connectivity index (χ1v) is 8.93. The normalized spacial score (nSPS) is 22.6. The molecule has 1 saturated heterocycles. The highest BCUT2D eigenvalue weighted by Crippen LogP contribution is 2.37. The first-order chi connectivity index (χ1) is 12.9. The lowest BCUT2D eigenvalue weighted by Crippen LogP contribution is -2.27. The lowest BCUT2D eigenvalue weighted by Gasteiger charge is -2.19. The predicted molar refractivity (Wildman–Crippen MR) is 95.7 cm³/mol. The van der Waals surface area contributed by atoms with Gasteiger partial charge >= 0.3 is 5.97 Å². The fourth-order valence-electron chi connectivity index (χ4n) is 3.70. The Morgan fingerprint density at radius 3 is 2.78 bits per heavy atom. The number of anilines is 1. The third-order valence-corrected chi connectivity index (χ3v) is 5.24. The number of nitrogens with zero attached hydrogens (tertiary/aromatic N) is 3. The minimum Gasteiger partial charge on any atom is -0.477 e. The maximum absolute atomic E-state index is 14.7. The van der Waals surface area contributed by atoms with E-state index in [2.05, 4.69) is 10.3 Å². The molecule has 2 N–H and O–H groups in total. The molecule has 0 unspecified atom stereocenters. The van der Waals surface area contributed by atoms with Crippen molar-refractivity contribution in [1.29, 1.82) is 0 Å². The van der Waals surface area contributed by atoms with Gasteiger partial charge in [0.2, 0.25) is 5.43 Å². The summed E-state index contributed by atoms with van der Waals surface area (Å²) < 4.78 is 30.6. The maximum atomic E-state index is 14.7. The summed E-state index contributed by atoms with van der Waals surface area (Å²) in [5.41, 5.74) is -0.913. The number of rotatable bonds is 5. The number of fused-ring (bicyclic) bond motifs is 1. The Bertz CT molecular complexity index is 973. The predicted octanol–water partition coefficient (Wildman–Crippen LogP) is 1.56. The molecule has 0 aromatic carbocycles. The summed E-state index contributed by atoms with van der Waals surface area (Å²) in [4.78, 5) is 29.7. The molecule has 4 rings (SSSR count). The molecule has 0 radical (unpaired) electrons. The van der Waals surface area contributed by atoms with Crippen LogP contribution in [0.3, 0.4) is 0 Å². The molecule has 2 atom stereocenters. The van der Waals surface area contributed by atoms with Crippen molar-refractivity contribution in [2.24, 2.45) is 5.92 Å². The molecule has 144 valence electrons. The van der Waals surface area contributed by atoms with Crippen molar-refractivity contribution < 1.29 is 18.7 Å². The number of carbonyl (C=O) groups is 1. The Hall–Kier alpha value is -2.55. The van der Waals surface area contributed by atoms with Crippen LogP contribution in [0.4, 0.5) is 14.6 Å². The molecule has 7 nitrogen and oxygen atoms in total. The van der Waals surface area contributed by atoms with Gasteiger partial charge in [-0.1, -0.05) is 0 Å². The van der Waals surface area contributed by atoms with Gasteiger partial charge in [0.15, 0.2) is 11.6 Å². The van der Waals surface area contributed by atoms with Gasteiger partial charge in [0.05, 0.1) is 11.9 Å². The SMILES string of the molecule is CNC[C@@H]1CN(c2nc3c(cc2F)c(=O)c(C(=O)O)cn3C2CC2)C[C@@H]1F. The summed E-state index contributed by atoms with van der Waals surface area (Å²) in [7, 11) is 1.73. The van der Waals surface area contributed by atoms with Gasteiger partial charge in [0, 0.05) is 31.2 Å². The van der Waals surface area contributed by atoms with Crippen LogP contribution in [0.1, 0.15) is 29.2 Å². The third-order valence-electron chi connectivity index (χ3n) is 5.24. The van der Waals surface area contributed by atoms with E-state index in [0.29, 0.717) is 13.1 Å². The van der Waals surface area contributed by atoms with E-state index >= 15 is 0 Å². The molecule has 0 spiro atoms. The molecule has 2 aromatic rings. The number of carboxylic acids is 1. The number of pyridine rings is 2. The van der Waals surface area contributed by atoms with Crippen molar-refractivity contribution in [2.75, 3.05) is 31.6 Å². The minimum atomic E-state index is -1.35. The molecule has 2 fully saturated rings. The molecule has 1 saturated carbocycles. The first-order valence-electron chi connectivity index (χ1n) is 8.93. The van der Waals surface area contributed by atoms with Crippen LogP contribution in [-0.2, 0) is 0 Å². The molecule has 0 amide bonds. The second-order valence-electron chi connectivity index (χ2n) is 7.22. The molecule has 27 heavy (non-hydrogen) atoms. The Balaban J connectivity index is 1.84. The van der Waals surface area contributed by atoms with E-state index in [1.165, 1.54) is 6.20 Å². The number of aromatic carboxylic acids is 1. The number of aromatic nitrogens is 2. The van der Waals surface area contributed by atoms with Gasteiger partial charge < -0.3 is 19.9 Å². The van der Waals surface area contributed by atoms with Gasteiger partial charge in [-0.05, 0) is 26.0 Å².